The molecule has 0 amide bonds. The number of carbonyl (C=O) groups excluding carboxylic acids is 2. The van der Waals surface area contributed by atoms with Gasteiger partial charge in [-0.2, -0.15) is 0 Å². The van der Waals surface area contributed by atoms with Crippen LogP contribution >= 0.6 is 0 Å². The van der Waals surface area contributed by atoms with Crippen LogP contribution in [0.25, 0.3) is 0 Å². The first kappa shape index (κ1) is 23.3. The zero-order chi connectivity index (χ0) is 22.6. The molecule has 0 aliphatic heterocycles. The molecule has 0 N–H and O–H groups in total. The molecule has 2 aromatic carbocycles. The highest BCUT2D eigenvalue weighted by molar-refractivity contribution is 5.85. The number of carbonyl (C=O) groups is 2. The van der Waals surface area contributed by atoms with Gasteiger partial charge in [-0.25, -0.2) is 9.59 Å². The predicted molar refractivity (Wildman–Crippen MR) is 113 cm³/mol. The summed E-state index contributed by atoms with van der Waals surface area (Å²) in [7, 11) is 1.45. The molecule has 0 bridgehead atoms. The summed E-state index contributed by atoms with van der Waals surface area (Å²) in [5.74, 6) is 0.280. The van der Waals surface area contributed by atoms with Gasteiger partial charge in [0.2, 0.25) is 11.5 Å². The Hall–Kier alpha value is -3.94. The van der Waals surface area contributed by atoms with Crippen LogP contribution in [0.1, 0.15) is 6.92 Å². The highest BCUT2D eigenvalue weighted by Crippen LogP contribution is 2.38. The molecule has 0 aliphatic rings. The van der Waals surface area contributed by atoms with Crippen LogP contribution in [0.4, 0.5) is 0 Å². The molecule has 0 atom stereocenters. The van der Waals surface area contributed by atoms with Crippen LogP contribution in [0.3, 0.4) is 0 Å². The fourth-order valence-electron chi connectivity index (χ4n) is 2.44. The molecule has 0 fully saturated rings. The molecule has 0 saturated carbocycles. The summed E-state index contributed by atoms with van der Waals surface area (Å²) in [6, 6.07) is 9.96. The second-order valence-electron chi connectivity index (χ2n) is 5.75. The lowest BCUT2D eigenvalue weighted by molar-refractivity contribution is -0.130. The van der Waals surface area contributed by atoms with Crippen LogP contribution in [-0.4, -0.2) is 38.9 Å². The molecule has 2 aromatic rings. The second-order valence-corrected chi connectivity index (χ2v) is 5.75. The highest BCUT2D eigenvalue weighted by atomic mass is 16.6. The average Bonchev–Trinajstić information content (AvgIpc) is 2.79. The lowest BCUT2D eigenvalue weighted by atomic mass is 10.3. The fraction of sp³-hybridized carbons (Fsp3) is 0.217. The highest BCUT2D eigenvalue weighted by Gasteiger charge is 2.17. The molecule has 0 aromatic heterocycles. The Morgan fingerprint density at radius 1 is 0.774 bits per heavy atom. The van der Waals surface area contributed by atoms with Gasteiger partial charge in [0.25, 0.3) is 0 Å². The number of benzene rings is 2. The maximum Gasteiger partial charge on any atom is 0.335 e. The number of para-hydroxylation sites is 2. The van der Waals surface area contributed by atoms with Crippen molar-refractivity contribution < 1.29 is 38.0 Å². The van der Waals surface area contributed by atoms with Crippen molar-refractivity contribution in [2.24, 2.45) is 0 Å². The Morgan fingerprint density at radius 2 is 1.19 bits per heavy atom. The first-order valence-electron chi connectivity index (χ1n) is 9.40. The van der Waals surface area contributed by atoms with E-state index in [4.69, 9.17) is 28.4 Å². The summed E-state index contributed by atoms with van der Waals surface area (Å²) in [6.45, 7) is 9.16. The van der Waals surface area contributed by atoms with E-state index in [1.807, 2.05) is 6.92 Å². The molecule has 0 aliphatic carbocycles. The van der Waals surface area contributed by atoms with Crippen molar-refractivity contribution in [2.45, 2.75) is 6.92 Å². The molecular weight excluding hydrogens is 404 g/mol. The van der Waals surface area contributed by atoms with Crippen molar-refractivity contribution in [3.8, 4) is 34.5 Å². The molecular formula is C23H24O8. The summed E-state index contributed by atoms with van der Waals surface area (Å²) in [5.41, 5.74) is 0. The third-order valence-corrected chi connectivity index (χ3v) is 3.74. The smallest absolute Gasteiger partial charge is 0.335 e. The lowest BCUT2D eigenvalue weighted by Crippen LogP contribution is -2.13. The lowest BCUT2D eigenvalue weighted by Gasteiger charge is -2.16. The van der Waals surface area contributed by atoms with Crippen LogP contribution < -0.4 is 28.4 Å². The average molecular weight is 428 g/mol. The Balaban J connectivity index is 2.10. The van der Waals surface area contributed by atoms with Gasteiger partial charge in [-0.1, -0.05) is 25.3 Å². The van der Waals surface area contributed by atoms with Crippen LogP contribution in [-0.2, 0) is 9.59 Å². The number of hydrogen-bond acceptors (Lipinski definition) is 8. The minimum Gasteiger partial charge on any atom is -0.493 e. The van der Waals surface area contributed by atoms with Gasteiger partial charge in [0.1, 0.15) is 13.2 Å². The molecule has 0 unspecified atom stereocenters. The van der Waals surface area contributed by atoms with Gasteiger partial charge in [0, 0.05) is 12.2 Å². The SMILES string of the molecule is C=CC(=O)Oc1c(OC)cccc1OCCOc1cccc(OCC)c1OC(=O)C=C. The molecule has 164 valence electrons. The van der Waals surface area contributed by atoms with E-state index >= 15 is 0 Å². The van der Waals surface area contributed by atoms with Crippen molar-refractivity contribution >= 4 is 11.9 Å². The summed E-state index contributed by atoms with van der Waals surface area (Å²) < 4.78 is 32.6. The number of hydrogen-bond donors (Lipinski definition) is 0. The third kappa shape index (κ3) is 6.53. The van der Waals surface area contributed by atoms with E-state index in [9.17, 15) is 9.59 Å². The topological polar surface area (TPSA) is 89.5 Å². The Morgan fingerprint density at radius 3 is 1.61 bits per heavy atom. The van der Waals surface area contributed by atoms with E-state index in [1.54, 1.807) is 36.4 Å². The second kappa shape index (κ2) is 11.9. The quantitative estimate of drug-likeness (QED) is 0.219. The Kier molecular flexibility index (Phi) is 8.97. The minimum absolute atomic E-state index is 0.0967. The van der Waals surface area contributed by atoms with E-state index in [-0.39, 0.29) is 24.7 Å². The molecule has 31 heavy (non-hydrogen) atoms. The number of methoxy groups -OCH3 is 1. The first-order chi connectivity index (χ1) is 15.0. The van der Waals surface area contributed by atoms with E-state index < -0.39 is 11.9 Å². The van der Waals surface area contributed by atoms with E-state index in [0.717, 1.165) is 12.2 Å². The van der Waals surface area contributed by atoms with Gasteiger partial charge in [-0.15, -0.1) is 0 Å². The molecule has 0 saturated heterocycles. The van der Waals surface area contributed by atoms with Gasteiger partial charge in [0.15, 0.2) is 23.0 Å². The van der Waals surface area contributed by atoms with E-state index in [1.165, 1.54) is 7.11 Å². The maximum atomic E-state index is 11.7. The Bertz CT molecular complexity index is 935. The maximum absolute atomic E-state index is 11.7. The summed E-state index contributed by atoms with van der Waals surface area (Å²) in [6.07, 6.45) is 2.08. The van der Waals surface area contributed by atoms with Crippen LogP contribution in [0, 0.1) is 0 Å². The normalized spacial score (nSPS) is 9.87. The first-order valence-corrected chi connectivity index (χ1v) is 9.40. The van der Waals surface area contributed by atoms with Crippen molar-refractivity contribution in [2.75, 3.05) is 26.9 Å². The van der Waals surface area contributed by atoms with Crippen molar-refractivity contribution in [3.63, 3.8) is 0 Å². The fourth-order valence-corrected chi connectivity index (χ4v) is 2.44. The van der Waals surface area contributed by atoms with Gasteiger partial charge in [-0.3, -0.25) is 0 Å². The van der Waals surface area contributed by atoms with Gasteiger partial charge < -0.3 is 28.4 Å². The standard InChI is InChI=1S/C23H24O8/c1-5-20(24)30-22-16(26-4)10-8-12-18(22)28-14-15-29-19-13-9-11-17(27-7-3)23(19)31-21(25)6-2/h5-6,8-13H,1-2,7,14-15H2,3-4H3. The summed E-state index contributed by atoms with van der Waals surface area (Å²) in [5, 5.41) is 0. The molecule has 0 spiro atoms. The van der Waals surface area contributed by atoms with Gasteiger partial charge in [-0.05, 0) is 31.2 Å². The van der Waals surface area contributed by atoms with Crippen LogP contribution in [0.2, 0.25) is 0 Å². The number of esters is 2. The third-order valence-electron chi connectivity index (χ3n) is 3.74. The van der Waals surface area contributed by atoms with Crippen molar-refractivity contribution in [3.05, 3.63) is 61.7 Å². The molecule has 0 heterocycles. The molecule has 2 rings (SSSR count). The van der Waals surface area contributed by atoms with Crippen LogP contribution in [0.15, 0.2) is 61.7 Å². The summed E-state index contributed by atoms with van der Waals surface area (Å²) >= 11 is 0. The zero-order valence-corrected chi connectivity index (χ0v) is 17.4. The monoisotopic (exact) mass is 428 g/mol. The molecule has 8 heteroatoms. The number of ether oxygens (including phenoxy) is 6. The summed E-state index contributed by atoms with van der Waals surface area (Å²) in [4.78, 5) is 23.3. The largest absolute Gasteiger partial charge is 0.493 e. The zero-order valence-electron chi connectivity index (χ0n) is 17.4. The minimum atomic E-state index is -0.646. The predicted octanol–water partition coefficient (Wildman–Crippen LogP) is 3.73. The molecule has 8 nitrogen and oxygen atoms in total. The van der Waals surface area contributed by atoms with Gasteiger partial charge in [0.05, 0.1) is 13.7 Å². The van der Waals surface area contributed by atoms with Gasteiger partial charge >= 0.3 is 11.9 Å². The molecule has 0 radical (unpaired) electrons. The Labute approximate surface area is 180 Å². The number of rotatable bonds is 12. The van der Waals surface area contributed by atoms with Crippen molar-refractivity contribution in [1.82, 2.24) is 0 Å². The van der Waals surface area contributed by atoms with E-state index in [0.29, 0.717) is 29.6 Å². The van der Waals surface area contributed by atoms with Crippen LogP contribution in [0.5, 0.6) is 34.5 Å². The van der Waals surface area contributed by atoms with Crippen molar-refractivity contribution in [1.29, 1.82) is 0 Å². The van der Waals surface area contributed by atoms with E-state index in [2.05, 4.69) is 13.2 Å².